The Morgan fingerprint density at radius 2 is 1.23 bits per heavy atom. The summed E-state index contributed by atoms with van der Waals surface area (Å²) in [5.41, 5.74) is 0. The van der Waals surface area contributed by atoms with E-state index in [0.717, 1.165) is 12.8 Å². The number of carbonyl (C=O) groups excluding carboxylic acids is 1. The fourth-order valence-electron chi connectivity index (χ4n) is 2.57. The number of rotatable bonds is 16. The number of ether oxygens (including phenoxy) is 1. The molecule has 0 aromatic rings. The van der Waals surface area contributed by atoms with Gasteiger partial charge in [0.15, 0.2) is 0 Å². The van der Waals surface area contributed by atoms with Crippen molar-refractivity contribution in [3.8, 4) is 0 Å². The minimum Gasteiger partial charge on any atom is -0.466 e. The zero-order valence-electron chi connectivity index (χ0n) is 15.1. The van der Waals surface area contributed by atoms with Crippen LogP contribution in [-0.4, -0.2) is 12.6 Å². The van der Waals surface area contributed by atoms with Gasteiger partial charge in [0, 0.05) is 6.42 Å². The van der Waals surface area contributed by atoms with E-state index < -0.39 is 0 Å². The Balaban J connectivity index is 3.13. The highest BCUT2D eigenvalue weighted by Crippen LogP contribution is 2.10. The maximum atomic E-state index is 11.1. The maximum absolute atomic E-state index is 11.1. The van der Waals surface area contributed by atoms with Crippen LogP contribution in [0.15, 0.2) is 12.2 Å². The average Bonchev–Trinajstić information content (AvgIpc) is 2.51. The lowest BCUT2D eigenvalue weighted by Gasteiger charge is -2.01. The van der Waals surface area contributed by atoms with Crippen molar-refractivity contribution in [1.82, 2.24) is 0 Å². The summed E-state index contributed by atoms with van der Waals surface area (Å²) in [5.74, 6) is -0.0444. The van der Waals surface area contributed by atoms with Crippen LogP contribution in [0.4, 0.5) is 0 Å². The second-order valence-electron chi connectivity index (χ2n) is 6.14. The van der Waals surface area contributed by atoms with Gasteiger partial charge in [0.05, 0.1) is 6.61 Å². The molecule has 0 heterocycles. The largest absolute Gasteiger partial charge is 0.466 e. The molecule has 0 radical (unpaired) electrons. The van der Waals surface area contributed by atoms with Crippen molar-refractivity contribution in [2.75, 3.05) is 6.61 Å². The van der Waals surface area contributed by atoms with Crippen LogP contribution in [-0.2, 0) is 9.53 Å². The molecule has 22 heavy (non-hydrogen) atoms. The van der Waals surface area contributed by atoms with Gasteiger partial charge in [-0.25, -0.2) is 0 Å². The Morgan fingerprint density at radius 3 is 1.77 bits per heavy atom. The van der Waals surface area contributed by atoms with Crippen LogP contribution < -0.4 is 0 Å². The summed E-state index contributed by atoms with van der Waals surface area (Å²) in [7, 11) is 0. The lowest BCUT2D eigenvalue weighted by Crippen LogP contribution is -2.02. The number of hydrogen-bond acceptors (Lipinski definition) is 2. The van der Waals surface area contributed by atoms with E-state index in [0.29, 0.717) is 13.0 Å². The zero-order chi connectivity index (χ0) is 16.3. The fraction of sp³-hybridized carbons (Fsp3) is 0.850. The molecule has 0 saturated carbocycles. The van der Waals surface area contributed by atoms with Crippen LogP contribution in [0.25, 0.3) is 0 Å². The summed E-state index contributed by atoms with van der Waals surface area (Å²) in [4.78, 5) is 11.1. The topological polar surface area (TPSA) is 26.3 Å². The van der Waals surface area contributed by atoms with Crippen molar-refractivity contribution in [1.29, 1.82) is 0 Å². The Morgan fingerprint density at radius 1 is 0.727 bits per heavy atom. The molecule has 130 valence electrons. The van der Waals surface area contributed by atoms with Crippen LogP contribution in [0, 0.1) is 0 Å². The van der Waals surface area contributed by atoms with Crippen molar-refractivity contribution < 1.29 is 9.53 Å². The third-order valence-electron chi connectivity index (χ3n) is 3.95. The van der Waals surface area contributed by atoms with Crippen molar-refractivity contribution in [2.45, 2.75) is 104 Å². The molecule has 0 rings (SSSR count). The van der Waals surface area contributed by atoms with E-state index in [1.54, 1.807) is 0 Å². The molecule has 2 heteroatoms. The van der Waals surface area contributed by atoms with Gasteiger partial charge in [-0.05, 0) is 39.0 Å². The minimum absolute atomic E-state index is 0.0444. The molecule has 0 fully saturated rings. The molecule has 2 nitrogen and oxygen atoms in total. The molecule has 0 aliphatic carbocycles. The normalized spacial score (nSPS) is 11.2. The highest BCUT2D eigenvalue weighted by Gasteiger charge is 1.99. The van der Waals surface area contributed by atoms with E-state index in [1.165, 1.54) is 70.6 Å². The highest BCUT2D eigenvalue weighted by molar-refractivity contribution is 5.69. The Bertz CT molecular complexity index is 258. The summed E-state index contributed by atoms with van der Waals surface area (Å²) in [6, 6.07) is 0. The molecule has 0 saturated heterocycles. The first-order chi connectivity index (χ1) is 10.8. The molecule has 0 unspecified atom stereocenters. The maximum Gasteiger partial charge on any atom is 0.305 e. The number of esters is 1. The fourth-order valence-corrected chi connectivity index (χ4v) is 2.57. The summed E-state index contributed by atoms with van der Waals surface area (Å²) < 4.78 is 4.91. The summed E-state index contributed by atoms with van der Waals surface area (Å²) in [6.07, 6.45) is 22.0. The van der Waals surface area contributed by atoms with Gasteiger partial charge in [0.25, 0.3) is 0 Å². The van der Waals surface area contributed by atoms with E-state index in [2.05, 4.69) is 19.1 Å². The third-order valence-corrected chi connectivity index (χ3v) is 3.95. The van der Waals surface area contributed by atoms with Gasteiger partial charge in [-0.1, -0.05) is 70.4 Å². The molecule has 0 atom stereocenters. The van der Waals surface area contributed by atoms with Gasteiger partial charge in [0.1, 0.15) is 0 Å². The van der Waals surface area contributed by atoms with Gasteiger partial charge >= 0.3 is 5.97 Å². The van der Waals surface area contributed by atoms with Gasteiger partial charge < -0.3 is 4.74 Å². The van der Waals surface area contributed by atoms with Crippen LogP contribution in [0.2, 0.25) is 0 Å². The number of carbonyl (C=O) groups is 1. The van der Waals surface area contributed by atoms with E-state index in [1.807, 2.05) is 6.92 Å². The lowest BCUT2D eigenvalue weighted by molar-refractivity contribution is -0.143. The van der Waals surface area contributed by atoms with E-state index in [-0.39, 0.29) is 5.97 Å². The standard InChI is InChI=1S/C20H38O2/c1-3-5-6-7-8-9-10-11-12-13-14-15-16-17-18-19-20(21)22-4-2/h12-13H,3-11,14-19H2,1-2H3. The monoisotopic (exact) mass is 310 g/mol. The van der Waals surface area contributed by atoms with Crippen LogP contribution in [0.5, 0.6) is 0 Å². The van der Waals surface area contributed by atoms with E-state index in [4.69, 9.17) is 4.74 Å². The Labute approximate surface area is 138 Å². The highest BCUT2D eigenvalue weighted by atomic mass is 16.5. The van der Waals surface area contributed by atoms with Gasteiger partial charge in [-0.3, -0.25) is 4.79 Å². The molecule has 0 N–H and O–H groups in total. The first kappa shape index (κ1) is 21.2. The first-order valence-electron chi connectivity index (χ1n) is 9.61. The molecule has 0 spiro atoms. The van der Waals surface area contributed by atoms with Crippen molar-refractivity contribution in [2.24, 2.45) is 0 Å². The molecule has 0 bridgehead atoms. The second-order valence-corrected chi connectivity index (χ2v) is 6.14. The smallest absolute Gasteiger partial charge is 0.305 e. The van der Waals surface area contributed by atoms with Crippen LogP contribution in [0.1, 0.15) is 104 Å². The zero-order valence-corrected chi connectivity index (χ0v) is 15.1. The Hall–Kier alpha value is -0.790. The molecule has 0 aliphatic rings. The predicted molar refractivity (Wildman–Crippen MR) is 96.1 cm³/mol. The van der Waals surface area contributed by atoms with Gasteiger partial charge in [0.2, 0.25) is 0 Å². The quantitative estimate of drug-likeness (QED) is 0.183. The van der Waals surface area contributed by atoms with Gasteiger partial charge in [-0.2, -0.15) is 0 Å². The predicted octanol–water partition coefficient (Wildman–Crippen LogP) is 6.59. The van der Waals surface area contributed by atoms with Crippen molar-refractivity contribution in [3.05, 3.63) is 12.2 Å². The number of hydrogen-bond donors (Lipinski definition) is 0. The van der Waals surface area contributed by atoms with Crippen LogP contribution in [0.3, 0.4) is 0 Å². The molecule has 0 aromatic heterocycles. The minimum atomic E-state index is -0.0444. The molecule has 0 aliphatic heterocycles. The SMILES string of the molecule is CCCCCCCCCC=CCCCCCCC(=O)OCC. The molecular formula is C20H38O2. The van der Waals surface area contributed by atoms with Crippen LogP contribution >= 0.6 is 0 Å². The molecular weight excluding hydrogens is 272 g/mol. The first-order valence-corrected chi connectivity index (χ1v) is 9.61. The Kier molecular flexibility index (Phi) is 17.6. The lowest BCUT2D eigenvalue weighted by atomic mass is 10.1. The molecule has 0 aromatic carbocycles. The second kappa shape index (κ2) is 18.3. The van der Waals surface area contributed by atoms with Crippen molar-refractivity contribution in [3.63, 3.8) is 0 Å². The van der Waals surface area contributed by atoms with E-state index >= 15 is 0 Å². The molecule has 0 amide bonds. The van der Waals surface area contributed by atoms with Crippen molar-refractivity contribution >= 4 is 5.97 Å². The summed E-state index contributed by atoms with van der Waals surface area (Å²) in [5, 5.41) is 0. The number of allylic oxidation sites excluding steroid dienone is 2. The summed E-state index contributed by atoms with van der Waals surface area (Å²) >= 11 is 0. The third kappa shape index (κ3) is 17.3. The summed E-state index contributed by atoms with van der Waals surface area (Å²) in [6.45, 7) is 4.63. The van der Waals surface area contributed by atoms with Gasteiger partial charge in [-0.15, -0.1) is 0 Å². The number of unbranched alkanes of at least 4 members (excludes halogenated alkanes) is 11. The average molecular weight is 311 g/mol. The van der Waals surface area contributed by atoms with E-state index in [9.17, 15) is 4.79 Å².